The number of aryl methyl sites for hydroxylation is 2. The number of rotatable bonds is 5. The van der Waals surface area contributed by atoms with Gasteiger partial charge in [-0.05, 0) is 37.1 Å². The summed E-state index contributed by atoms with van der Waals surface area (Å²) in [7, 11) is 0. The molecule has 4 rings (SSSR count). The lowest BCUT2D eigenvalue weighted by Crippen LogP contribution is -2.30. The number of benzene rings is 2. The van der Waals surface area contributed by atoms with E-state index in [2.05, 4.69) is 20.4 Å². The van der Waals surface area contributed by atoms with Gasteiger partial charge in [0.1, 0.15) is 5.76 Å². The van der Waals surface area contributed by atoms with Gasteiger partial charge in [-0.1, -0.05) is 41.6 Å². The summed E-state index contributed by atoms with van der Waals surface area (Å²) in [6, 6.07) is 13.4. The lowest BCUT2D eigenvalue weighted by atomic mass is 9.97. The summed E-state index contributed by atoms with van der Waals surface area (Å²) >= 11 is 0. The van der Waals surface area contributed by atoms with Crippen LogP contribution in [0.5, 0.6) is 0 Å². The van der Waals surface area contributed by atoms with Crippen molar-refractivity contribution < 1.29 is 22.5 Å². The van der Waals surface area contributed by atoms with Crippen molar-refractivity contribution in [2.24, 2.45) is 0 Å². The number of alkyl halides is 3. The van der Waals surface area contributed by atoms with Gasteiger partial charge in [-0.2, -0.15) is 13.2 Å². The first-order valence-corrected chi connectivity index (χ1v) is 9.55. The predicted molar refractivity (Wildman–Crippen MR) is 107 cm³/mol. The van der Waals surface area contributed by atoms with Crippen molar-refractivity contribution in [1.29, 1.82) is 0 Å². The molecule has 0 saturated carbocycles. The molecule has 0 aliphatic heterocycles. The van der Waals surface area contributed by atoms with E-state index in [9.17, 15) is 18.0 Å². The van der Waals surface area contributed by atoms with Gasteiger partial charge < -0.3 is 14.8 Å². The minimum atomic E-state index is -4.57. The average molecular weight is 428 g/mol. The highest BCUT2D eigenvalue weighted by Crippen LogP contribution is 2.30. The van der Waals surface area contributed by atoms with E-state index in [0.717, 1.165) is 5.56 Å². The molecule has 0 fully saturated rings. The summed E-state index contributed by atoms with van der Waals surface area (Å²) in [5.41, 5.74) is 3.22. The second kappa shape index (κ2) is 7.90. The smallest absolute Gasteiger partial charge is 0.361 e. The van der Waals surface area contributed by atoms with Gasteiger partial charge in [0.15, 0.2) is 0 Å². The molecule has 0 radical (unpaired) electrons. The first-order valence-electron chi connectivity index (χ1n) is 9.55. The average Bonchev–Trinajstić information content (AvgIpc) is 3.31. The van der Waals surface area contributed by atoms with Crippen molar-refractivity contribution in [3.05, 3.63) is 82.5 Å². The third-order valence-corrected chi connectivity index (χ3v) is 5.06. The van der Waals surface area contributed by atoms with E-state index >= 15 is 0 Å². The first-order chi connectivity index (χ1) is 14.7. The standard InChI is InChI=1S/C22H19F3N4O2/c1-12-16(13(2)31-29-12)11-19(30)28-20(14-6-4-3-5-7-14)15-8-9-17-18(10-15)27-21(26-17)22(23,24)25/h3-10,20H,11H2,1-2H3,(H,26,27)(H,28,30). The Balaban J connectivity index is 1.68. The van der Waals surface area contributed by atoms with Crippen LogP contribution >= 0.6 is 0 Å². The van der Waals surface area contributed by atoms with Crippen LogP contribution in [-0.2, 0) is 17.4 Å². The number of hydrogen-bond acceptors (Lipinski definition) is 4. The maximum Gasteiger partial charge on any atom is 0.449 e. The second-order valence-electron chi connectivity index (χ2n) is 7.25. The molecule has 4 aromatic rings. The van der Waals surface area contributed by atoms with Crippen molar-refractivity contribution in [3.63, 3.8) is 0 Å². The van der Waals surface area contributed by atoms with Crippen LogP contribution in [0.2, 0.25) is 0 Å². The fraction of sp³-hybridized carbons (Fsp3) is 0.227. The molecule has 2 heterocycles. The van der Waals surface area contributed by atoms with Gasteiger partial charge in [-0.3, -0.25) is 4.79 Å². The maximum atomic E-state index is 13.0. The van der Waals surface area contributed by atoms with Crippen LogP contribution in [0, 0.1) is 13.8 Å². The molecule has 31 heavy (non-hydrogen) atoms. The number of carbonyl (C=O) groups is 1. The van der Waals surface area contributed by atoms with E-state index in [1.54, 1.807) is 26.0 Å². The fourth-order valence-electron chi connectivity index (χ4n) is 3.47. The Morgan fingerprint density at radius 2 is 1.87 bits per heavy atom. The van der Waals surface area contributed by atoms with Crippen LogP contribution in [-0.4, -0.2) is 21.0 Å². The van der Waals surface area contributed by atoms with E-state index in [0.29, 0.717) is 22.6 Å². The molecule has 2 aromatic carbocycles. The number of aromatic amines is 1. The van der Waals surface area contributed by atoms with E-state index < -0.39 is 18.0 Å². The summed E-state index contributed by atoms with van der Waals surface area (Å²) in [6.07, 6.45) is -4.49. The molecule has 0 spiro atoms. The number of imidazole rings is 1. The number of aromatic nitrogens is 3. The zero-order valence-corrected chi connectivity index (χ0v) is 16.7. The van der Waals surface area contributed by atoms with Crippen molar-refractivity contribution >= 4 is 16.9 Å². The highest BCUT2D eigenvalue weighted by atomic mass is 19.4. The van der Waals surface area contributed by atoms with E-state index in [-0.39, 0.29) is 23.4 Å². The lowest BCUT2D eigenvalue weighted by molar-refractivity contribution is -0.144. The highest BCUT2D eigenvalue weighted by Gasteiger charge is 2.34. The zero-order chi connectivity index (χ0) is 22.2. The normalized spacial score (nSPS) is 12.8. The van der Waals surface area contributed by atoms with Crippen LogP contribution in [0.4, 0.5) is 13.2 Å². The van der Waals surface area contributed by atoms with Gasteiger partial charge in [0.25, 0.3) is 0 Å². The van der Waals surface area contributed by atoms with Crippen LogP contribution < -0.4 is 5.32 Å². The number of nitrogens with one attached hydrogen (secondary N) is 2. The zero-order valence-electron chi connectivity index (χ0n) is 16.7. The van der Waals surface area contributed by atoms with Crippen LogP contribution in [0.3, 0.4) is 0 Å². The molecule has 9 heteroatoms. The van der Waals surface area contributed by atoms with Crippen LogP contribution in [0.15, 0.2) is 53.1 Å². The molecule has 1 atom stereocenters. The van der Waals surface area contributed by atoms with Gasteiger partial charge in [0.2, 0.25) is 11.7 Å². The number of halogens is 3. The fourth-order valence-corrected chi connectivity index (χ4v) is 3.47. The molecule has 0 bridgehead atoms. The monoisotopic (exact) mass is 428 g/mol. The molecule has 2 aromatic heterocycles. The predicted octanol–water partition coefficient (Wildman–Crippen LogP) is 4.63. The quantitative estimate of drug-likeness (QED) is 0.485. The minimum absolute atomic E-state index is 0.0784. The molecule has 6 nitrogen and oxygen atoms in total. The molecule has 0 aliphatic rings. The topological polar surface area (TPSA) is 83.8 Å². The Bertz CT molecular complexity index is 1210. The lowest BCUT2D eigenvalue weighted by Gasteiger charge is -2.20. The molecule has 0 aliphatic carbocycles. The summed E-state index contributed by atoms with van der Waals surface area (Å²) in [4.78, 5) is 18.7. The number of H-pyrrole nitrogens is 1. The Kier molecular flexibility index (Phi) is 5.26. The van der Waals surface area contributed by atoms with E-state index in [1.807, 2.05) is 30.3 Å². The largest absolute Gasteiger partial charge is 0.449 e. The van der Waals surface area contributed by atoms with Crippen LogP contribution in [0.1, 0.15) is 40.0 Å². The second-order valence-corrected chi connectivity index (χ2v) is 7.25. The molecular formula is C22H19F3N4O2. The first kappa shape index (κ1) is 20.6. The highest BCUT2D eigenvalue weighted by molar-refractivity contribution is 5.81. The number of amides is 1. The number of carbonyl (C=O) groups excluding carboxylic acids is 1. The Morgan fingerprint density at radius 3 is 2.52 bits per heavy atom. The Morgan fingerprint density at radius 1 is 1.13 bits per heavy atom. The number of nitrogens with zero attached hydrogens (tertiary/aromatic N) is 2. The third kappa shape index (κ3) is 4.30. The van der Waals surface area contributed by atoms with Gasteiger partial charge in [0, 0.05) is 5.56 Å². The molecule has 2 N–H and O–H groups in total. The van der Waals surface area contributed by atoms with Crippen LogP contribution in [0.25, 0.3) is 11.0 Å². The summed E-state index contributed by atoms with van der Waals surface area (Å²) in [5.74, 6) is -0.746. The Labute approximate surface area is 175 Å². The molecule has 160 valence electrons. The van der Waals surface area contributed by atoms with E-state index in [1.165, 1.54) is 6.07 Å². The van der Waals surface area contributed by atoms with Crippen molar-refractivity contribution in [3.8, 4) is 0 Å². The van der Waals surface area contributed by atoms with E-state index in [4.69, 9.17) is 4.52 Å². The molecule has 0 saturated heterocycles. The summed E-state index contributed by atoms with van der Waals surface area (Å²) in [6.45, 7) is 3.50. The minimum Gasteiger partial charge on any atom is -0.361 e. The molecular weight excluding hydrogens is 409 g/mol. The van der Waals surface area contributed by atoms with Crippen molar-refractivity contribution in [2.45, 2.75) is 32.5 Å². The van der Waals surface area contributed by atoms with Gasteiger partial charge in [0.05, 0.1) is 29.2 Å². The SMILES string of the molecule is Cc1noc(C)c1CC(=O)NC(c1ccccc1)c1ccc2nc(C(F)(F)F)[nH]c2c1. The summed E-state index contributed by atoms with van der Waals surface area (Å²) < 4.78 is 44.1. The summed E-state index contributed by atoms with van der Waals surface area (Å²) in [5, 5.41) is 6.84. The maximum absolute atomic E-state index is 13.0. The third-order valence-electron chi connectivity index (χ3n) is 5.06. The van der Waals surface area contributed by atoms with Crippen molar-refractivity contribution in [1.82, 2.24) is 20.4 Å². The Hall–Kier alpha value is -3.62. The molecule has 1 amide bonds. The number of fused-ring (bicyclic) bond motifs is 1. The molecule has 1 unspecified atom stereocenters. The number of hydrogen-bond donors (Lipinski definition) is 2. The van der Waals surface area contributed by atoms with Gasteiger partial charge >= 0.3 is 6.18 Å². The van der Waals surface area contributed by atoms with Gasteiger partial charge in [-0.25, -0.2) is 4.98 Å². The van der Waals surface area contributed by atoms with Gasteiger partial charge in [-0.15, -0.1) is 0 Å². The van der Waals surface area contributed by atoms with Crippen molar-refractivity contribution in [2.75, 3.05) is 0 Å².